The first-order valence-corrected chi connectivity index (χ1v) is 9.79. The van der Waals surface area contributed by atoms with Gasteiger partial charge in [-0.15, -0.1) is 0 Å². The molecule has 1 aromatic heterocycles. The van der Waals surface area contributed by atoms with E-state index < -0.39 is 23.6 Å². The first-order chi connectivity index (χ1) is 15.8. The van der Waals surface area contributed by atoms with Crippen molar-refractivity contribution in [1.29, 1.82) is 0 Å². The Balaban J connectivity index is 1.90. The summed E-state index contributed by atoms with van der Waals surface area (Å²) < 4.78 is 27.3. The number of hydrazine groups is 1. The third-order valence-electron chi connectivity index (χ3n) is 5.11. The van der Waals surface area contributed by atoms with Gasteiger partial charge in [0.05, 0.1) is 28.1 Å². The second-order valence-electron chi connectivity index (χ2n) is 7.15. The van der Waals surface area contributed by atoms with E-state index in [4.69, 9.17) is 5.73 Å². The molecule has 0 aliphatic carbocycles. The van der Waals surface area contributed by atoms with Gasteiger partial charge in [0.1, 0.15) is 0 Å². The Bertz CT molecular complexity index is 1380. The number of amides is 2. The molecule has 0 aliphatic heterocycles. The van der Waals surface area contributed by atoms with Crippen molar-refractivity contribution in [3.05, 3.63) is 90.0 Å². The van der Waals surface area contributed by atoms with E-state index in [0.29, 0.717) is 10.9 Å². The summed E-state index contributed by atoms with van der Waals surface area (Å²) in [6.45, 7) is 0. The number of pyridine rings is 1. The highest BCUT2D eigenvalue weighted by Gasteiger charge is 2.29. The number of rotatable bonds is 3. The highest BCUT2D eigenvalue weighted by Crippen LogP contribution is 2.34. The average molecular weight is 448 g/mol. The largest absolute Gasteiger partial charge is 0.463 e. The molecule has 0 atom stereocenters. The number of carbonyl (C=O) groups is 2. The number of hydrogen-bond donors (Lipinski definition) is 2. The molecular formula is C24H18F2N4O3. The van der Waals surface area contributed by atoms with E-state index >= 15 is 0 Å². The van der Waals surface area contributed by atoms with Crippen LogP contribution in [-0.2, 0) is 0 Å². The number of para-hydroxylation sites is 2. The number of halogens is 2. The van der Waals surface area contributed by atoms with Gasteiger partial charge in [-0.05, 0) is 36.4 Å². The van der Waals surface area contributed by atoms with Crippen molar-refractivity contribution >= 4 is 34.3 Å². The van der Waals surface area contributed by atoms with E-state index in [2.05, 4.69) is 4.98 Å². The molecule has 4 rings (SSSR count). The van der Waals surface area contributed by atoms with Crippen molar-refractivity contribution in [2.24, 2.45) is 0 Å². The first kappa shape index (κ1) is 21.7. The molecule has 0 radical (unpaired) electrons. The van der Waals surface area contributed by atoms with Crippen LogP contribution in [0.15, 0.2) is 72.8 Å². The summed E-state index contributed by atoms with van der Waals surface area (Å²) in [4.78, 5) is 30.0. The molecule has 0 saturated carbocycles. The fraction of sp³-hybridized carbons (Fsp3) is 0.0417. The second kappa shape index (κ2) is 8.54. The van der Waals surface area contributed by atoms with Crippen molar-refractivity contribution in [2.45, 2.75) is 0 Å². The number of nitrogen functional groups attached to an aromatic ring is 1. The van der Waals surface area contributed by atoms with Gasteiger partial charge in [0.25, 0.3) is 5.91 Å². The second-order valence-corrected chi connectivity index (χ2v) is 7.15. The SMILES string of the molecule is CN(C(=O)c1c(N)c(-c2ccc(F)c(F)c2)nc2ccccc12)N(C(=O)O)c1ccccc1. The number of hydrogen-bond acceptors (Lipinski definition) is 4. The number of benzene rings is 3. The molecule has 2 amide bonds. The van der Waals surface area contributed by atoms with Gasteiger partial charge in [-0.1, -0.05) is 36.4 Å². The summed E-state index contributed by atoms with van der Waals surface area (Å²) in [7, 11) is 1.30. The monoisotopic (exact) mass is 448 g/mol. The molecule has 4 aromatic rings. The van der Waals surface area contributed by atoms with Gasteiger partial charge in [-0.2, -0.15) is 5.01 Å². The van der Waals surface area contributed by atoms with Gasteiger partial charge < -0.3 is 10.8 Å². The molecule has 1 heterocycles. The topological polar surface area (TPSA) is 99.8 Å². The van der Waals surface area contributed by atoms with Crippen LogP contribution in [0.25, 0.3) is 22.2 Å². The van der Waals surface area contributed by atoms with Gasteiger partial charge in [0.15, 0.2) is 11.6 Å². The van der Waals surface area contributed by atoms with E-state index in [9.17, 15) is 23.5 Å². The van der Waals surface area contributed by atoms with E-state index in [1.165, 1.54) is 13.1 Å². The molecule has 0 bridgehead atoms. The maximum absolute atomic E-state index is 13.9. The minimum atomic E-state index is -1.38. The van der Waals surface area contributed by atoms with Gasteiger partial charge >= 0.3 is 6.09 Å². The summed E-state index contributed by atoms with van der Waals surface area (Å²) in [5.41, 5.74) is 7.11. The Hall–Kier alpha value is -4.53. The number of nitrogens with zero attached hydrogens (tertiary/aromatic N) is 3. The predicted octanol–water partition coefficient (Wildman–Crippen LogP) is 4.93. The van der Waals surface area contributed by atoms with Gasteiger partial charge in [0, 0.05) is 18.0 Å². The Morgan fingerprint density at radius 1 is 0.939 bits per heavy atom. The number of carboxylic acid groups (broad SMARTS) is 1. The molecule has 3 aromatic carbocycles. The standard InChI is InChI=1S/C24H18F2N4O3/c1-29(30(24(32)33)15-7-3-2-4-8-15)23(31)20-16-9-5-6-10-19(16)28-22(21(20)27)14-11-12-17(25)18(26)13-14/h2-13H,27H2,1H3,(H,32,33). The normalized spacial score (nSPS) is 10.8. The predicted molar refractivity (Wildman–Crippen MR) is 121 cm³/mol. The van der Waals surface area contributed by atoms with Crippen LogP contribution < -0.4 is 10.7 Å². The molecule has 0 aliphatic rings. The third-order valence-corrected chi connectivity index (χ3v) is 5.11. The zero-order valence-corrected chi connectivity index (χ0v) is 17.4. The minimum Gasteiger partial charge on any atom is -0.463 e. The summed E-state index contributed by atoms with van der Waals surface area (Å²) in [6.07, 6.45) is -1.38. The molecule has 7 nitrogen and oxygen atoms in total. The van der Waals surface area contributed by atoms with Gasteiger partial charge in [-0.25, -0.2) is 23.6 Å². The lowest BCUT2D eigenvalue weighted by atomic mass is 10.0. The van der Waals surface area contributed by atoms with Crippen molar-refractivity contribution in [3.8, 4) is 11.3 Å². The van der Waals surface area contributed by atoms with Crippen molar-refractivity contribution in [2.75, 3.05) is 17.8 Å². The van der Waals surface area contributed by atoms with E-state index in [-0.39, 0.29) is 28.2 Å². The number of carbonyl (C=O) groups excluding carboxylic acids is 1. The smallest absolute Gasteiger partial charge is 0.431 e. The molecule has 0 fully saturated rings. The minimum absolute atomic E-state index is 0.00925. The molecule has 33 heavy (non-hydrogen) atoms. The number of nitrogens with two attached hydrogens (primary N) is 1. The number of fused-ring (bicyclic) bond motifs is 1. The number of aromatic nitrogens is 1. The Kier molecular flexibility index (Phi) is 5.61. The van der Waals surface area contributed by atoms with Gasteiger partial charge in [0.2, 0.25) is 0 Å². The lowest BCUT2D eigenvalue weighted by Crippen LogP contribution is -2.47. The van der Waals surface area contributed by atoms with Crippen LogP contribution in [-0.4, -0.2) is 34.1 Å². The van der Waals surface area contributed by atoms with Crippen LogP contribution >= 0.6 is 0 Å². The van der Waals surface area contributed by atoms with E-state index in [0.717, 1.165) is 22.2 Å². The average Bonchev–Trinajstić information content (AvgIpc) is 2.80. The quantitative estimate of drug-likeness (QED) is 0.433. The molecular weight excluding hydrogens is 430 g/mol. The van der Waals surface area contributed by atoms with Crippen molar-refractivity contribution in [1.82, 2.24) is 9.99 Å². The van der Waals surface area contributed by atoms with Crippen molar-refractivity contribution < 1.29 is 23.5 Å². The maximum atomic E-state index is 13.9. The highest BCUT2D eigenvalue weighted by molar-refractivity contribution is 6.14. The Morgan fingerprint density at radius 2 is 1.61 bits per heavy atom. The first-order valence-electron chi connectivity index (χ1n) is 9.79. The molecule has 0 unspecified atom stereocenters. The number of anilines is 2. The Labute approximate surface area is 187 Å². The van der Waals surface area contributed by atoms with Crippen LogP contribution in [0, 0.1) is 11.6 Å². The van der Waals surface area contributed by atoms with E-state index in [1.54, 1.807) is 54.6 Å². The molecule has 9 heteroatoms. The zero-order valence-electron chi connectivity index (χ0n) is 17.4. The molecule has 166 valence electrons. The van der Waals surface area contributed by atoms with Crippen LogP contribution in [0.4, 0.5) is 25.0 Å². The van der Waals surface area contributed by atoms with Gasteiger partial charge in [-0.3, -0.25) is 4.79 Å². The summed E-state index contributed by atoms with van der Waals surface area (Å²) in [5, 5.41) is 11.9. The summed E-state index contributed by atoms with van der Waals surface area (Å²) >= 11 is 0. The molecule has 0 spiro atoms. The summed E-state index contributed by atoms with van der Waals surface area (Å²) in [5.74, 6) is -2.84. The van der Waals surface area contributed by atoms with Crippen LogP contribution in [0.2, 0.25) is 0 Å². The summed E-state index contributed by atoms with van der Waals surface area (Å²) in [6, 6.07) is 17.9. The van der Waals surface area contributed by atoms with Crippen LogP contribution in [0.5, 0.6) is 0 Å². The van der Waals surface area contributed by atoms with Crippen LogP contribution in [0.1, 0.15) is 10.4 Å². The maximum Gasteiger partial charge on any atom is 0.431 e. The zero-order chi connectivity index (χ0) is 23.7. The lowest BCUT2D eigenvalue weighted by molar-refractivity contribution is 0.0772. The molecule has 0 saturated heterocycles. The highest BCUT2D eigenvalue weighted by atomic mass is 19.2. The molecule has 3 N–H and O–H groups in total. The van der Waals surface area contributed by atoms with E-state index in [1.807, 2.05) is 0 Å². The Morgan fingerprint density at radius 3 is 2.27 bits per heavy atom. The third kappa shape index (κ3) is 3.91. The van der Waals surface area contributed by atoms with Crippen LogP contribution in [0.3, 0.4) is 0 Å². The fourth-order valence-corrected chi connectivity index (χ4v) is 3.55. The van der Waals surface area contributed by atoms with Crippen molar-refractivity contribution in [3.63, 3.8) is 0 Å². The fourth-order valence-electron chi connectivity index (χ4n) is 3.55. The lowest BCUT2D eigenvalue weighted by Gasteiger charge is -2.30.